The fourth-order valence-corrected chi connectivity index (χ4v) is 5.64. The molecule has 1 aromatic heterocycles. The minimum absolute atomic E-state index is 0.106. The van der Waals surface area contributed by atoms with Gasteiger partial charge in [0.1, 0.15) is 9.75 Å². The third kappa shape index (κ3) is 3.09. The Balaban J connectivity index is 1.86. The van der Waals surface area contributed by atoms with E-state index in [1.54, 1.807) is 18.2 Å². The predicted octanol–water partition coefficient (Wildman–Crippen LogP) is 3.60. The maximum atomic E-state index is 12.6. The first-order valence-corrected chi connectivity index (χ1v) is 10.1. The molecule has 128 valence electrons. The summed E-state index contributed by atoms with van der Waals surface area (Å²) in [6.45, 7) is 1.85. The second-order valence-corrected chi connectivity index (χ2v) is 9.25. The molecule has 0 radical (unpaired) electrons. The van der Waals surface area contributed by atoms with Gasteiger partial charge in [0.25, 0.3) is 10.0 Å². The minimum atomic E-state index is -3.88. The van der Waals surface area contributed by atoms with E-state index in [0.717, 1.165) is 21.8 Å². The lowest BCUT2D eigenvalue weighted by Gasteiger charge is -2.13. The first kappa shape index (κ1) is 17.4. The third-order valence-electron chi connectivity index (χ3n) is 4.27. The molecule has 1 heterocycles. The normalized spacial score (nSPS) is 23.2. The van der Waals surface area contributed by atoms with E-state index in [2.05, 4.69) is 4.72 Å². The van der Waals surface area contributed by atoms with Gasteiger partial charge in [-0.1, -0.05) is 37.1 Å². The molecule has 24 heavy (non-hydrogen) atoms. The molecule has 0 aliphatic heterocycles. The minimum Gasteiger partial charge on any atom is -0.480 e. The molecule has 0 bridgehead atoms. The van der Waals surface area contributed by atoms with Crippen LogP contribution in [0.4, 0.5) is 0 Å². The summed E-state index contributed by atoms with van der Waals surface area (Å²) < 4.78 is 27.6. The van der Waals surface area contributed by atoms with Crippen LogP contribution < -0.4 is 4.72 Å². The first-order chi connectivity index (χ1) is 11.3. The van der Waals surface area contributed by atoms with Gasteiger partial charge in [-0.15, -0.1) is 11.3 Å². The molecule has 3 rings (SSSR count). The van der Waals surface area contributed by atoms with Gasteiger partial charge in [-0.05, 0) is 42.2 Å². The van der Waals surface area contributed by atoms with Crippen LogP contribution in [0.1, 0.15) is 19.8 Å². The standard InChI is InChI=1S/C16H16ClNO4S2/c1-2-11-9-16(11,15(19)20)18-24(21,22)14-8-7-13(23-14)10-3-5-12(17)6-4-10/h3-8,11,18H,2,9H2,1H3,(H,19,20)/t11-,16-/m1/s1. The molecule has 1 saturated carbocycles. The van der Waals surface area contributed by atoms with Crippen LogP contribution in [0, 0.1) is 5.92 Å². The quantitative estimate of drug-likeness (QED) is 0.795. The van der Waals surface area contributed by atoms with E-state index >= 15 is 0 Å². The number of hydrogen-bond donors (Lipinski definition) is 2. The smallest absolute Gasteiger partial charge is 0.325 e. The lowest BCUT2D eigenvalue weighted by Crippen LogP contribution is -2.44. The average molecular weight is 386 g/mol. The lowest BCUT2D eigenvalue weighted by atomic mass is 10.2. The number of carbonyl (C=O) groups is 1. The molecular weight excluding hydrogens is 370 g/mol. The molecule has 1 aromatic carbocycles. The Hall–Kier alpha value is -1.41. The van der Waals surface area contributed by atoms with Crippen molar-refractivity contribution in [3.63, 3.8) is 0 Å². The SMILES string of the molecule is CC[C@@H]1C[C@]1(NS(=O)(=O)c1ccc(-c2ccc(Cl)cc2)s1)C(=O)O. The van der Waals surface area contributed by atoms with E-state index in [1.807, 2.05) is 19.1 Å². The predicted molar refractivity (Wildman–Crippen MR) is 93.9 cm³/mol. The number of benzene rings is 1. The van der Waals surface area contributed by atoms with Crippen molar-refractivity contribution in [2.24, 2.45) is 5.92 Å². The van der Waals surface area contributed by atoms with E-state index in [1.165, 1.54) is 6.07 Å². The summed E-state index contributed by atoms with van der Waals surface area (Å²) in [5, 5.41) is 9.99. The van der Waals surface area contributed by atoms with Crippen molar-refractivity contribution < 1.29 is 18.3 Å². The number of carboxylic acids is 1. The number of halogens is 1. The average Bonchev–Trinajstić information content (AvgIpc) is 3.01. The largest absolute Gasteiger partial charge is 0.480 e. The maximum absolute atomic E-state index is 12.6. The summed E-state index contributed by atoms with van der Waals surface area (Å²) in [6, 6.07) is 10.3. The van der Waals surface area contributed by atoms with Crippen molar-refractivity contribution in [1.29, 1.82) is 0 Å². The van der Waals surface area contributed by atoms with Gasteiger partial charge >= 0.3 is 5.97 Å². The van der Waals surface area contributed by atoms with Gasteiger partial charge in [-0.2, -0.15) is 4.72 Å². The fourth-order valence-electron chi connectivity index (χ4n) is 2.78. The van der Waals surface area contributed by atoms with Crippen molar-refractivity contribution in [1.82, 2.24) is 4.72 Å². The van der Waals surface area contributed by atoms with E-state index < -0.39 is 21.5 Å². The zero-order valence-corrected chi connectivity index (χ0v) is 15.2. The van der Waals surface area contributed by atoms with Crippen molar-refractivity contribution in [3.05, 3.63) is 41.4 Å². The molecule has 5 nitrogen and oxygen atoms in total. The number of aliphatic carboxylic acids is 1. The highest BCUT2D eigenvalue weighted by atomic mass is 35.5. The Morgan fingerprint density at radius 2 is 2.00 bits per heavy atom. The Labute approximate surface area is 149 Å². The topological polar surface area (TPSA) is 83.5 Å². The number of rotatable bonds is 6. The van der Waals surface area contributed by atoms with Crippen LogP contribution in [0.15, 0.2) is 40.6 Å². The third-order valence-corrected chi connectivity index (χ3v) is 7.66. The van der Waals surface area contributed by atoms with E-state index in [-0.39, 0.29) is 10.1 Å². The molecule has 2 atom stereocenters. The summed E-state index contributed by atoms with van der Waals surface area (Å²) >= 11 is 6.96. The molecule has 1 aliphatic rings. The maximum Gasteiger partial charge on any atom is 0.325 e. The Morgan fingerprint density at radius 3 is 2.54 bits per heavy atom. The number of sulfonamides is 1. The van der Waals surface area contributed by atoms with Gasteiger partial charge in [0.2, 0.25) is 0 Å². The molecular formula is C16H16ClNO4S2. The van der Waals surface area contributed by atoms with E-state index in [9.17, 15) is 18.3 Å². The summed E-state index contributed by atoms with van der Waals surface area (Å²) in [6.07, 6.45) is 0.947. The molecule has 2 aromatic rings. The summed E-state index contributed by atoms with van der Waals surface area (Å²) in [7, 11) is -3.88. The number of carboxylic acid groups (broad SMARTS) is 1. The van der Waals surface area contributed by atoms with Crippen LogP contribution in [0.3, 0.4) is 0 Å². The Bertz CT molecular complexity index is 876. The zero-order valence-electron chi connectivity index (χ0n) is 12.8. The van der Waals surface area contributed by atoms with Crippen LogP contribution in [0.2, 0.25) is 5.02 Å². The summed E-state index contributed by atoms with van der Waals surface area (Å²) in [5.41, 5.74) is -0.505. The van der Waals surface area contributed by atoms with Crippen LogP contribution >= 0.6 is 22.9 Å². The highest BCUT2D eigenvalue weighted by Crippen LogP contribution is 2.47. The van der Waals surface area contributed by atoms with Gasteiger partial charge in [-0.25, -0.2) is 8.42 Å². The van der Waals surface area contributed by atoms with Gasteiger partial charge in [-0.3, -0.25) is 4.79 Å². The van der Waals surface area contributed by atoms with Crippen molar-refractivity contribution in [2.45, 2.75) is 29.5 Å². The Morgan fingerprint density at radius 1 is 1.33 bits per heavy atom. The Kier molecular flexibility index (Phi) is 4.46. The molecule has 2 N–H and O–H groups in total. The number of hydrogen-bond acceptors (Lipinski definition) is 4. The van der Waals surface area contributed by atoms with Crippen molar-refractivity contribution in [3.8, 4) is 10.4 Å². The molecule has 0 amide bonds. The summed E-state index contributed by atoms with van der Waals surface area (Å²) in [5.74, 6) is -1.28. The lowest BCUT2D eigenvalue weighted by molar-refractivity contribution is -0.140. The van der Waals surface area contributed by atoms with Gasteiger partial charge in [0.05, 0.1) is 0 Å². The molecule has 0 saturated heterocycles. The highest BCUT2D eigenvalue weighted by Gasteiger charge is 2.61. The molecule has 8 heteroatoms. The van der Waals surface area contributed by atoms with Crippen LogP contribution in [0.25, 0.3) is 10.4 Å². The van der Waals surface area contributed by atoms with E-state index in [0.29, 0.717) is 17.9 Å². The molecule has 1 aliphatic carbocycles. The molecule has 0 spiro atoms. The fraction of sp³-hybridized carbons (Fsp3) is 0.312. The number of thiophene rings is 1. The highest BCUT2D eigenvalue weighted by molar-refractivity contribution is 7.91. The molecule has 1 fully saturated rings. The van der Waals surface area contributed by atoms with Gasteiger partial charge < -0.3 is 5.11 Å². The van der Waals surface area contributed by atoms with Crippen molar-refractivity contribution in [2.75, 3.05) is 0 Å². The van der Waals surface area contributed by atoms with E-state index in [4.69, 9.17) is 11.6 Å². The second-order valence-electron chi connectivity index (χ2n) is 5.82. The summed E-state index contributed by atoms with van der Waals surface area (Å²) in [4.78, 5) is 12.3. The number of nitrogens with one attached hydrogen (secondary N) is 1. The van der Waals surface area contributed by atoms with Crippen LogP contribution in [0.5, 0.6) is 0 Å². The van der Waals surface area contributed by atoms with Gasteiger partial charge in [0.15, 0.2) is 0 Å². The zero-order chi connectivity index (χ0) is 17.5. The molecule has 0 unspecified atom stereocenters. The monoisotopic (exact) mass is 385 g/mol. The van der Waals surface area contributed by atoms with Gasteiger partial charge in [0, 0.05) is 9.90 Å². The van der Waals surface area contributed by atoms with Crippen molar-refractivity contribution >= 4 is 38.9 Å². The van der Waals surface area contributed by atoms with Crippen LogP contribution in [-0.4, -0.2) is 25.0 Å². The van der Waals surface area contributed by atoms with Crippen LogP contribution in [-0.2, 0) is 14.8 Å². The first-order valence-electron chi connectivity index (χ1n) is 7.41. The second kappa shape index (κ2) is 6.15.